The Balaban J connectivity index is 2.44. The number of aryl methyl sites for hydroxylation is 1. The Morgan fingerprint density at radius 2 is 2.11 bits per heavy atom. The average molecular weight is 263 g/mol. The van der Waals surface area contributed by atoms with Gasteiger partial charge in [0.05, 0.1) is 6.54 Å². The van der Waals surface area contributed by atoms with Crippen LogP contribution in [-0.4, -0.2) is 24.9 Å². The van der Waals surface area contributed by atoms with Crippen LogP contribution in [0.25, 0.3) is 0 Å². The van der Waals surface area contributed by atoms with Crippen molar-refractivity contribution in [1.29, 1.82) is 0 Å². The average Bonchev–Trinajstić information content (AvgIpc) is 2.44. The molecule has 0 aliphatic carbocycles. The van der Waals surface area contributed by atoms with E-state index in [1.54, 1.807) is 6.92 Å². The predicted molar refractivity (Wildman–Crippen MR) is 75.7 cm³/mol. The second-order valence-corrected chi connectivity index (χ2v) is 4.46. The Morgan fingerprint density at radius 3 is 2.74 bits per heavy atom. The number of nitrogens with two attached hydrogens (primary N) is 1. The maximum Gasteiger partial charge on any atom is 0.243 e. The summed E-state index contributed by atoms with van der Waals surface area (Å²) in [6.45, 7) is 4.00. The largest absolute Gasteiger partial charge is 0.347 e. The van der Waals surface area contributed by atoms with Crippen molar-refractivity contribution < 1.29 is 9.59 Å². The van der Waals surface area contributed by atoms with Crippen LogP contribution in [0.15, 0.2) is 24.3 Å². The molecule has 1 aromatic carbocycles. The number of hydrogen-bond donors (Lipinski definition) is 3. The molecule has 0 aromatic heterocycles. The number of hydrogen-bond acceptors (Lipinski definition) is 3. The molecular weight excluding hydrogens is 242 g/mol. The molecule has 0 saturated carbocycles. The van der Waals surface area contributed by atoms with E-state index in [-0.39, 0.29) is 30.8 Å². The monoisotopic (exact) mass is 263 g/mol. The summed E-state index contributed by atoms with van der Waals surface area (Å²) in [4.78, 5) is 23.1. The summed E-state index contributed by atoms with van der Waals surface area (Å²) in [5.74, 6) is -0.734. The molecular formula is C14H21N3O2. The van der Waals surface area contributed by atoms with Crippen LogP contribution in [-0.2, 0) is 16.0 Å². The highest BCUT2D eigenvalue weighted by atomic mass is 16.2. The van der Waals surface area contributed by atoms with Crippen LogP contribution in [0, 0.1) is 5.92 Å². The predicted octanol–water partition coefficient (Wildman–Crippen LogP) is 0.899. The Kier molecular flexibility index (Phi) is 6.02. The van der Waals surface area contributed by atoms with Gasteiger partial charge < -0.3 is 16.4 Å². The molecule has 0 fully saturated rings. The number of benzene rings is 1. The minimum absolute atomic E-state index is 0.0421. The SMILES string of the molecule is CCc1cccc(NC(=O)CNC(=O)C(C)CN)c1. The lowest BCUT2D eigenvalue weighted by molar-refractivity contribution is -0.126. The van der Waals surface area contributed by atoms with Crippen LogP contribution in [0.4, 0.5) is 5.69 Å². The van der Waals surface area contributed by atoms with Crippen LogP contribution in [0.5, 0.6) is 0 Å². The topological polar surface area (TPSA) is 84.2 Å². The fourth-order valence-corrected chi connectivity index (χ4v) is 1.52. The first-order valence-corrected chi connectivity index (χ1v) is 6.43. The lowest BCUT2D eigenvalue weighted by atomic mass is 10.1. The van der Waals surface area contributed by atoms with Crippen molar-refractivity contribution in [2.24, 2.45) is 11.7 Å². The summed E-state index contributed by atoms with van der Waals surface area (Å²) in [7, 11) is 0. The summed E-state index contributed by atoms with van der Waals surface area (Å²) in [6, 6.07) is 7.63. The van der Waals surface area contributed by atoms with Crippen molar-refractivity contribution in [3.63, 3.8) is 0 Å². The molecule has 0 bridgehead atoms. The highest BCUT2D eigenvalue weighted by Crippen LogP contribution is 2.10. The van der Waals surface area contributed by atoms with E-state index in [4.69, 9.17) is 5.73 Å². The number of carbonyl (C=O) groups is 2. The molecule has 1 rings (SSSR count). The second-order valence-electron chi connectivity index (χ2n) is 4.46. The number of carbonyl (C=O) groups excluding carboxylic acids is 2. The van der Waals surface area contributed by atoms with Gasteiger partial charge in [-0.25, -0.2) is 0 Å². The van der Waals surface area contributed by atoms with Gasteiger partial charge in [0.25, 0.3) is 0 Å². The van der Waals surface area contributed by atoms with Gasteiger partial charge in [0, 0.05) is 18.2 Å². The third kappa shape index (κ3) is 5.09. The molecule has 5 heteroatoms. The van der Waals surface area contributed by atoms with Gasteiger partial charge >= 0.3 is 0 Å². The first-order chi connectivity index (χ1) is 9.06. The standard InChI is InChI=1S/C14H21N3O2/c1-3-11-5-4-6-12(7-11)17-13(18)9-16-14(19)10(2)8-15/h4-7,10H,3,8-9,15H2,1-2H3,(H,16,19)(H,17,18). The molecule has 0 aliphatic rings. The molecule has 0 aliphatic heterocycles. The minimum Gasteiger partial charge on any atom is -0.347 e. The number of amides is 2. The molecule has 1 atom stereocenters. The molecule has 0 spiro atoms. The van der Waals surface area contributed by atoms with E-state index in [2.05, 4.69) is 17.6 Å². The van der Waals surface area contributed by atoms with Crippen molar-refractivity contribution in [1.82, 2.24) is 5.32 Å². The molecule has 2 amide bonds. The minimum atomic E-state index is -0.281. The van der Waals surface area contributed by atoms with E-state index in [9.17, 15) is 9.59 Å². The Bertz CT molecular complexity index is 446. The molecule has 5 nitrogen and oxygen atoms in total. The molecule has 0 heterocycles. The molecule has 1 aromatic rings. The van der Waals surface area contributed by atoms with Crippen LogP contribution >= 0.6 is 0 Å². The van der Waals surface area contributed by atoms with Crippen molar-refractivity contribution in [3.05, 3.63) is 29.8 Å². The zero-order valence-corrected chi connectivity index (χ0v) is 11.4. The van der Waals surface area contributed by atoms with Gasteiger partial charge in [-0.15, -0.1) is 0 Å². The Hall–Kier alpha value is -1.88. The van der Waals surface area contributed by atoms with Crippen LogP contribution < -0.4 is 16.4 Å². The van der Waals surface area contributed by atoms with Gasteiger partial charge in [-0.05, 0) is 24.1 Å². The van der Waals surface area contributed by atoms with Crippen molar-refractivity contribution >= 4 is 17.5 Å². The van der Waals surface area contributed by atoms with Crippen molar-refractivity contribution in [2.45, 2.75) is 20.3 Å². The van der Waals surface area contributed by atoms with Gasteiger partial charge in [0.2, 0.25) is 11.8 Å². The zero-order valence-electron chi connectivity index (χ0n) is 11.4. The maximum atomic E-state index is 11.7. The van der Waals surface area contributed by atoms with Crippen molar-refractivity contribution in [2.75, 3.05) is 18.4 Å². The first-order valence-electron chi connectivity index (χ1n) is 6.43. The van der Waals surface area contributed by atoms with Gasteiger partial charge in [0.15, 0.2) is 0 Å². The third-order valence-electron chi connectivity index (χ3n) is 2.84. The summed E-state index contributed by atoms with van der Waals surface area (Å²) in [5.41, 5.74) is 7.27. The van der Waals surface area contributed by atoms with E-state index >= 15 is 0 Å². The summed E-state index contributed by atoms with van der Waals surface area (Å²) in [5, 5.41) is 5.30. The zero-order chi connectivity index (χ0) is 14.3. The Labute approximate surface area is 113 Å². The van der Waals surface area contributed by atoms with Gasteiger partial charge in [-0.2, -0.15) is 0 Å². The van der Waals surface area contributed by atoms with Crippen LogP contribution in [0.1, 0.15) is 19.4 Å². The quantitative estimate of drug-likeness (QED) is 0.713. The molecule has 1 unspecified atom stereocenters. The van der Waals surface area contributed by atoms with Crippen LogP contribution in [0.2, 0.25) is 0 Å². The molecule has 19 heavy (non-hydrogen) atoms. The summed E-state index contributed by atoms with van der Waals surface area (Å²) >= 11 is 0. The number of anilines is 1. The number of rotatable bonds is 6. The highest BCUT2D eigenvalue weighted by molar-refractivity contribution is 5.94. The van der Waals surface area contributed by atoms with Gasteiger partial charge in [0.1, 0.15) is 0 Å². The molecule has 0 saturated heterocycles. The van der Waals surface area contributed by atoms with E-state index in [0.29, 0.717) is 0 Å². The third-order valence-corrected chi connectivity index (χ3v) is 2.84. The summed E-state index contributed by atoms with van der Waals surface area (Å²) < 4.78 is 0. The summed E-state index contributed by atoms with van der Waals surface area (Å²) in [6.07, 6.45) is 0.911. The smallest absolute Gasteiger partial charge is 0.243 e. The maximum absolute atomic E-state index is 11.7. The molecule has 104 valence electrons. The van der Waals surface area contributed by atoms with E-state index < -0.39 is 0 Å². The first kappa shape index (κ1) is 15.2. The lowest BCUT2D eigenvalue weighted by Crippen LogP contribution is -2.38. The van der Waals surface area contributed by atoms with E-state index in [1.807, 2.05) is 24.3 Å². The van der Waals surface area contributed by atoms with Gasteiger partial charge in [-0.1, -0.05) is 26.0 Å². The van der Waals surface area contributed by atoms with Crippen LogP contribution in [0.3, 0.4) is 0 Å². The van der Waals surface area contributed by atoms with Gasteiger partial charge in [-0.3, -0.25) is 9.59 Å². The highest BCUT2D eigenvalue weighted by Gasteiger charge is 2.11. The molecule has 4 N–H and O–H groups in total. The number of nitrogens with one attached hydrogen (secondary N) is 2. The second kappa shape index (κ2) is 7.53. The van der Waals surface area contributed by atoms with E-state index in [1.165, 1.54) is 0 Å². The molecule has 0 radical (unpaired) electrons. The van der Waals surface area contributed by atoms with E-state index in [0.717, 1.165) is 17.7 Å². The fourth-order valence-electron chi connectivity index (χ4n) is 1.52. The lowest BCUT2D eigenvalue weighted by Gasteiger charge is -2.10. The normalized spacial score (nSPS) is 11.7. The Morgan fingerprint density at radius 1 is 1.37 bits per heavy atom. The van der Waals surface area contributed by atoms with Crippen molar-refractivity contribution in [3.8, 4) is 0 Å². The fraction of sp³-hybridized carbons (Fsp3) is 0.429.